The van der Waals surface area contributed by atoms with E-state index in [0.29, 0.717) is 11.9 Å². The number of rotatable bonds is 3. The van der Waals surface area contributed by atoms with E-state index in [2.05, 4.69) is 15.3 Å². The third kappa shape index (κ3) is 2.42. The van der Waals surface area contributed by atoms with Gasteiger partial charge in [0.1, 0.15) is 5.82 Å². The lowest BCUT2D eigenvalue weighted by atomic mass is 10.2. The average Bonchev–Trinajstić information content (AvgIpc) is 2.70. The van der Waals surface area contributed by atoms with E-state index in [0.717, 1.165) is 12.2 Å². The zero-order valence-electron chi connectivity index (χ0n) is 8.24. The predicted octanol–water partition coefficient (Wildman–Crippen LogP) is 1.09. The lowest BCUT2D eigenvalue weighted by Crippen LogP contribution is -2.25. The van der Waals surface area contributed by atoms with Gasteiger partial charge in [-0.2, -0.15) is 0 Å². The Bertz CT molecular complexity index is 277. The van der Waals surface area contributed by atoms with Crippen molar-refractivity contribution in [3.05, 3.63) is 18.1 Å². The van der Waals surface area contributed by atoms with Crippen molar-refractivity contribution in [2.24, 2.45) is 0 Å². The van der Waals surface area contributed by atoms with Crippen LogP contribution in [0.4, 0.5) is 5.82 Å². The van der Waals surface area contributed by atoms with Crippen LogP contribution in [0.2, 0.25) is 0 Å². The van der Waals surface area contributed by atoms with Crippen molar-refractivity contribution in [3.63, 3.8) is 0 Å². The molecule has 2 rings (SSSR count). The summed E-state index contributed by atoms with van der Waals surface area (Å²) in [5.41, 5.74) is 6.41. The Balaban J connectivity index is 1.82. The average molecular weight is 192 g/mol. The van der Waals surface area contributed by atoms with Gasteiger partial charge in [-0.05, 0) is 12.8 Å². The predicted molar refractivity (Wildman–Crippen MR) is 55.5 cm³/mol. The zero-order valence-corrected chi connectivity index (χ0v) is 8.24. The normalized spacial score (nSPS) is 17.4. The highest BCUT2D eigenvalue weighted by Gasteiger charge is 2.13. The Kier molecular flexibility index (Phi) is 2.93. The van der Waals surface area contributed by atoms with Crippen LogP contribution in [-0.4, -0.2) is 16.0 Å². The number of anilines is 1. The fourth-order valence-corrected chi connectivity index (χ4v) is 1.83. The summed E-state index contributed by atoms with van der Waals surface area (Å²) in [6.45, 7) is 0.804. The van der Waals surface area contributed by atoms with Crippen LogP contribution >= 0.6 is 0 Å². The van der Waals surface area contributed by atoms with Crippen LogP contribution in [0, 0.1) is 0 Å². The fourth-order valence-electron chi connectivity index (χ4n) is 1.83. The summed E-state index contributed by atoms with van der Waals surface area (Å²) in [4.78, 5) is 8.19. The SMILES string of the molecule is Nc1cnc(CNC2CCCC2)cn1. The standard InChI is InChI=1S/C10H16N4/c11-10-7-13-9(6-14-10)5-12-8-3-1-2-4-8/h6-8,12H,1-5H2,(H2,11,14). The summed E-state index contributed by atoms with van der Waals surface area (Å²) in [7, 11) is 0. The van der Waals surface area contributed by atoms with Gasteiger partial charge in [0.15, 0.2) is 0 Å². The topological polar surface area (TPSA) is 63.8 Å². The molecule has 1 aliphatic carbocycles. The summed E-state index contributed by atoms with van der Waals surface area (Å²) in [6, 6.07) is 0.675. The van der Waals surface area contributed by atoms with E-state index in [1.54, 1.807) is 12.4 Å². The van der Waals surface area contributed by atoms with E-state index < -0.39 is 0 Å². The monoisotopic (exact) mass is 192 g/mol. The molecule has 0 aromatic carbocycles. The van der Waals surface area contributed by atoms with Crippen molar-refractivity contribution in [1.29, 1.82) is 0 Å². The molecular formula is C10H16N4. The second kappa shape index (κ2) is 4.37. The van der Waals surface area contributed by atoms with Gasteiger partial charge in [0.05, 0.1) is 18.1 Å². The molecule has 76 valence electrons. The summed E-state index contributed by atoms with van der Waals surface area (Å²) < 4.78 is 0. The number of nitrogens with one attached hydrogen (secondary N) is 1. The first-order chi connectivity index (χ1) is 6.84. The largest absolute Gasteiger partial charge is 0.382 e. The molecule has 0 aliphatic heterocycles. The zero-order chi connectivity index (χ0) is 9.80. The third-order valence-electron chi connectivity index (χ3n) is 2.65. The molecule has 0 unspecified atom stereocenters. The molecule has 1 saturated carbocycles. The molecule has 1 aromatic heterocycles. The maximum atomic E-state index is 5.45. The molecule has 0 radical (unpaired) electrons. The lowest BCUT2D eigenvalue weighted by molar-refractivity contribution is 0.519. The van der Waals surface area contributed by atoms with E-state index in [1.165, 1.54) is 25.7 Å². The molecule has 0 saturated heterocycles. The number of nitrogens with two attached hydrogens (primary N) is 1. The second-order valence-corrected chi connectivity index (χ2v) is 3.79. The fraction of sp³-hybridized carbons (Fsp3) is 0.600. The maximum Gasteiger partial charge on any atom is 0.141 e. The number of nitrogen functional groups attached to an aromatic ring is 1. The molecule has 0 amide bonds. The number of nitrogens with zero attached hydrogens (tertiary/aromatic N) is 2. The molecule has 0 spiro atoms. The molecule has 1 aromatic rings. The molecule has 3 N–H and O–H groups in total. The first kappa shape index (κ1) is 9.40. The van der Waals surface area contributed by atoms with Crippen molar-refractivity contribution < 1.29 is 0 Å². The molecule has 4 heteroatoms. The van der Waals surface area contributed by atoms with Gasteiger partial charge < -0.3 is 11.1 Å². The maximum absolute atomic E-state index is 5.45. The molecule has 1 aliphatic rings. The van der Waals surface area contributed by atoms with Gasteiger partial charge in [0.25, 0.3) is 0 Å². The van der Waals surface area contributed by atoms with Crippen LogP contribution in [0.5, 0.6) is 0 Å². The number of aromatic nitrogens is 2. The highest BCUT2D eigenvalue weighted by molar-refractivity contribution is 5.22. The molecule has 0 atom stereocenters. The first-order valence-corrected chi connectivity index (χ1v) is 5.14. The van der Waals surface area contributed by atoms with Crippen LogP contribution in [0.3, 0.4) is 0 Å². The minimum atomic E-state index is 0.481. The molecule has 0 bridgehead atoms. The first-order valence-electron chi connectivity index (χ1n) is 5.14. The molecule has 1 heterocycles. The Morgan fingerprint density at radius 2 is 2.07 bits per heavy atom. The van der Waals surface area contributed by atoms with E-state index in [-0.39, 0.29) is 0 Å². The molecule has 14 heavy (non-hydrogen) atoms. The summed E-state index contributed by atoms with van der Waals surface area (Å²) in [5.74, 6) is 0.481. The van der Waals surface area contributed by atoms with Gasteiger partial charge in [-0.3, -0.25) is 4.98 Å². The van der Waals surface area contributed by atoms with E-state index >= 15 is 0 Å². The summed E-state index contributed by atoms with van der Waals surface area (Å²) in [6.07, 6.45) is 8.63. The second-order valence-electron chi connectivity index (χ2n) is 3.79. The van der Waals surface area contributed by atoms with Gasteiger partial charge in [-0.15, -0.1) is 0 Å². The van der Waals surface area contributed by atoms with Crippen molar-refractivity contribution in [1.82, 2.24) is 15.3 Å². The highest BCUT2D eigenvalue weighted by atomic mass is 15.0. The minimum Gasteiger partial charge on any atom is -0.382 e. The smallest absolute Gasteiger partial charge is 0.141 e. The number of hydrogen-bond donors (Lipinski definition) is 2. The third-order valence-corrected chi connectivity index (χ3v) is 2.65. The summed E-state index contributed by atoms with van der Waals surface area (Å²) in [5, 5.41) is 3.47. The van der Waals surface area contributed by atoms with Crippen molar-refractivity contribution >= 4 is 5.82 Å². The highest BCUT2D eigenvalue weighted by Crippen LogP contribution is 2.17. The Morgan fingerprint density at radius 3 is 2.71 bits per heavy atom. The van der Waals surface area contributed by atoms with Crippen molar-refractivity contribution in [3.8, 4) is 0 Å². The van der Waals surface area contributed by atoms with Gasteiger partial charge in [-0.1, -0.05) is 12.8 Å². The van der Waals surface area contributed by atoms with Gasteiger partial charge in [0, 0.05) is 12.6 Å². The van der Waals surface area contributed by atoms with Crippen LogP contribution in [0.25, 0.3) is 0 Å². The van der Waals surface area contributed by atoms with Crippen LogP contribution in [-0.2, 0) is 6.54 Å². The van der Waals surface area contributed by atoms with E-state index in [1.807, 2.05) is 0 Å². The summed E-state index contributed by atoms with van der Waals surface area (Å²) >= 11 is 0. The Labute approximate surface area is 83.9 Å². The van der Waals surface area contributed by atoms with Gasteiger partial charge in [0.2, 0.25) is 0 Å². The van der Waals surface area contributed by atoms with Crippen LogP contribution in [0.15, 0.2) is 12.4 Å². The quantitative estimate of drug-likeness (QED) is 0.752. The lowest BCUT2D eigenvalue weighted by Gasteiger charge is -2.10. The van der Waals surface area contributed by atoms with Gasteiger partial charge >= 0.3 is 0 Å². The number of hydrogen-bond acceptors (Lipinski definition) is 4. The van der Waals surface area contributed by atoms with E-state index in [9.17, 15) is 0 Å². The van der Waals surface area contributed by atoms with Crippen LogP contribution in [0.1, 0.15) is 31.4 Å². The Hall–Kier alpha value is -1.16. The van der Waals surface area contributed by atoms with Crippen molar-refractivity contribution in [2.75, 3.05) is 5.73 Å². The Morgan fingerprint density at radius 1 is 1.29 bits per heavy atom. The molecule has 1 fully saturated rings. The molecular weight excluding hydrogens is 176 g/mol. The molecule has 4 nitrogen and oxygen atoms in total. The van der Waals surface area contributed by atoms with Crippen molar-refractivity contribution in [2.45, 2.75) is 38.3 Å². The minimum absolute atomic E-state index is 0.481. The van der Waals surface area contributed by atoms with E-state index in [4.69, 9.17) is 5.73 Å². The van der Waals surface area contributed by atoms with Gasteiger partial charge in [-0.25, -0.2) is 4.98 Å². The van der Waals surface area contributed by atoms with Crippen LogP contribution < -0.4 is 11.1 Å².